The van der Waals surface area contributed by atoms with E-state index in [1.165, 1.54) is 0 Å². The number of nitrogens with two attached hydrogens (primary N) is 2. The minimum Gasteiger partial charge on any atom is -0.399 e. The number of nitrogen functional groups attached to an aromatic ring is 1. The van der Waals surface area contributed by atoms with Crippen LogP contribution in [0.5, 0.6) is 0 Å². The van der Waals surface area contributed by atoms with Crippen LogP contribution in [0.4, 0.5) is 5.69 Å². The molecule has 3 heteroatoms. The predicted molar refractivity (Wildman–Crippen MR) is 54.2 cm³/mol. The third kappa shape index (κ3) is 2.20. The maximum atomic E-state index is 8.93. The van der Waals surface area contributed by atoms with Gasteiger partial charge in [-0.05, 0) is 29.7 Å². The first-order valence-corrected chi connectivity index (χ1v) is 4.43. The summed E-state index contributed by atoms with van der Waals surface area (Å²) in [7, 11) is 0. The summed E-state index contributed by atoms with van der Waals surface area (Å²) in [5, 5.41) is 8.93. The lowest BCUT2D eigenvalue weighted by molar-refractivity contribution is 0.267. The molecule has 0 unspecified atom stereocenters. The van der Waals surface area contributed by atoms with Crippen molar-refractivity contribution in [3.63, 3.8) is 0 Å². The molecule has 0 aliphatic rings. The van der Waals surface area contributed by atoms with Gasteiger partial charge < -0.3 is 16.6 Å². The van der Waals surface area contributed by atoms with Gasteiger partial charge >= 0.3 is 0 Å². The number of hydrogen-bond donors (Lipinski definition) is 3. The fourth-order valence-electron chi connectivity index (χ4n) is 1.38. The summed E-state index contributed by atoms with van der Waals surface area (Å²) in [6.07, 6.45) is 0.906. The van der Waals surface area contributed by atoms with Crippen LogP contribution in [-0.2, 0) is 6.42 Å². The average Bonchev–Trinajstić information content (AvgIpc) is 2.16. The Morgan fingerprint density at radius 3 is 2.69 bits per heavy atom. The van der Waals surface area contributed by atoms with Crippen molar-refractivity contribution in [3.8, 4) is 0 Å². The summed E-state index contributed by atoms with van der Waals surface area (Å²) in [4.78, 5) is 0. The quantitative estimate of drug-likeness (QED) is 0.603. The molecule has 0 heterocycles. The summed E-state index contributed by atoms with van der Waals surface area (Å²) >= 11 is 0. The van der Waals surface area contributed by atoms with Crippen molar-refractivity contribution >= 4 is 5.69 Å². The second-order valence-electron chi connectivity index (χ2n) is 3.10. The van der Waals surface area contributed by atoms with Gasteiger partial charge in [0.25, 0.3) is 0 Å². The molecule has 0 radical (unpaired) electrons. The van der Waals surface area contributed by atoms with Crippen LogP contribution < -0.4 is 11.5 Å². The summed E-state index contributed by atoms with van der Waals surface area (Å²) in [5.74, 6) is 0. The largest absolute Gasteiger partial charge is 0.399 e. The highest BCUT2D eigenvalue weighted by Crippen LogP contribution is 2.19. The predicted octanol–water partition coefficient (Wildman–Crippen LogP) is 0.823. The van der Waals surface area contributed by atoms with Gasteiger partial charge in [-0.15, -0.1) is 0 Å². The van der Waals surface area contributed by atoms with Crippen LogP contribution in [0.2, 0.25) is 0 Å². The number of benzene rings is 1. The van der Waals surface area contributed by atoms with Gasteiger partial charge in [-0.3, -0.25) is 0 Å². The first-order valence-electron chi connectivity index (χ1n) is 4.43. The van der Waals surface area contributed by atoms with Crippen molar-refractivity contribution in [1.82, 2.24) is 0 Å². The molecule has 13 heavy (non-hydrogen) atoms. The van der Waals surface area contributed by atoms with Gasteiger partial charge in [-0.25, -0.2) is 0 Å². The highest BCUT2D eigenvalue weighted by Gasteiger charge is 2.08. The molecule has 0 amide bonds. The first-order chi connectivity index (χ1) is 6.19. The summed E-state index contributed by atoms with van der Waals surface area (Å²) in [6.45, 7) is 2.01. The van der Waals surface area contributed by atoms with E-state index in [1.807, 2.05) is 18.2 Å². The van der Waals surface area contributed by atoms with Crippen molar-refractivity contribution in [1.29, 1.82) is 0 Å². The van der Waals surface area contributed by atoms with Crippen molar-refractivity contribution in [2.24, 2.45) is 5.73 Å². The van der Waals surface area contributed by atoms with Gasteiger partial charge in [-0.2, -0.15) is 0 Å². The van der Waals surface area contributed by atoms with E-state index >= 15 is 0 Å². The monoisotopic (exact) mass is 180 g/mol. The molecule has 0 saturated carbocycles. The third-order valence-electron chi connectivity index (χ3n) is 2.15. The van der Waals surface area contributed by atoms with Crippen LogP contribution in [0.3, 0.4) is 0 Å². The zero-order chi connectivity index (χ0) is 9.84. The molecule has 0 saturated heterocycles. The summed E-state index contributed by atoms with van der Waals surface area (Å²) in [6, 6.07) is 5.32. The van der Waals surface area contributed by atoms with Crippen LogP contribution in [0, 0.1) is 0 Å². The molecule has 1 aromatic rings. The van der Waals surface area contributed by atoms with Gasteiger partial charge in [0.1, 0.15) is 0 Å². The Morgan fingerprint density at radius 1 is 1.46 bits per heavy atom. The van der Waals surface area contributed by atoms with E-state index in [9.17, 15) is 0 Å². The fourth-order valence-corrected chi connectivity index (χ4v) is 1.38. The van der Waals surface area contributed by atoms with Crippen molar-refractivity contribution < 1.29 is 5.11 Å². The Kier molecular flexibility index (Phi) is 3.28. The minimum atomic E-state index is -0.321. The Morgan fingerprint density at radius 2 is 2.15 bits per heavy atom. The van der Waals surface area contributed by atoms with Crippen molar-refractivity contribution in [2.45, 2.75) is 19.4 Å². The topological polar surface area (TPSA) is 72.3 Å². The van der Waals surface area contributed by atoms with E-state index in [4.69, 9.17) is 16.6 Å². The second-order valence-corrected chi connectivity index (χ2v) is 3.10. The van der Waals surface area contributed by atoms with Gasteiger partial charge in [0.05, 0.1) is 12.6 Å². The first kappa shape index (κ1) is 10.0. The number of aryl methyl sites for hydroxylation is 1. The molecule has 1 atom stereocenters. The molecule has 1 rings (SSSR count). The Balaban J connectivity index is 3.07. The summed E-state index contributed by atoms with van der Waals surface area (Å²) < 4.78 is 0. The lowest BCUT2D eigenvalue weighted by Gasteiger charge is -2.13. The number of aliphatic hydroxyl groups excluding tert-OH is 1. The van der Waals surface area contributed by atoms with E-state index in [1.54, 1.807) is 0 Å². The molecular formula is C10H16N2O. The molecule has 5 N–H and O–H groups in total. The van der Waals surface area contributed by atoms with Gasteiger partial charge in [0, 0.05) is 5.69 Å². The Hall–Kier alpha value is -1.06. The third-order valence-corrected chi connectivity index (χ3v) is 2.15. The maximum Gasteiger partial charge on any atom is 0.0624 e. The molecule has 0 spiro atoms. The highest BCUT2D eigenvalue weighted by atomic mass is 16.3. The molecule has 0 fully saturated rings. The molecule has 1 aromatic carbocycles. The van der Waals surface area contributed by atoms with Crippen LogP contribution in [0.1, 0.15) is 24.1 Å². The number of aliphatic hydroxyl groups is 1. The molecular weight excluding hydrogens is 164 g/mol. The van der Waals surface area contributed by atoms with Crippen molar-refractivity contribution in [2.75, 3.05) is 12.3 Å². The molecule has 0 bridgehead atoms. The van der Waals surface area contributed by atoms with Gasteiger partial charge in [0.15, 0.2) is 0 Å². The van der Waals surface area contributed by atoms with Crippen LogP contribution in [-0.4, -0.2) is 11.7 Å². The zero-order valence-corrected chi connectivity index (χ0v) is 7.83. The lowest BCUT2D eigenvalue weighted by atomic mass is 9.99. The number of rotatable bonds is 3. The summed E-state index contributed by atoms with van der Waals surface area (Å²) in [5.41, 5.74) is 14.2. The molecule has 3 nitrogen and oxygen atoms in total. The fraction of sp³-hybridized carbons (Fsp3) is 0.400. The van der Waals surface area contributed by atoms with Crippen LogP contribution >= 0.6 is 0 Å². The Labute approximate surface area is 78.4 Å². The smallest absolute Gasteiger partial charge is 0.0624 e. The van der Waals surface area contributed by atoms with Crippen LogP contribution in [0.25, 0.3) is 0 Å². The van der Waals surface area contributed by atoms with E-state index < -0.39 is 0 Å². The van der Waals surface area contributed by atoms with E-state index in [0.717, 1.165) is 17.5 Å². The van der Waals surface area contributed by atoms with E-state index in [0.29, 0.717) is 5.69 Å². The second kappa shape index (κ2) is 4.25. The number of anilines is 1. The van der Waals surface area contributed by atoms with Gasteiger partial charge in [0.2, 0.25) is 0 Å². The minimum absolute atomic E-state index is 0.0452. The standard InChI is InChI=1S/C10H16N2O/c1-2-7-3-4-8(11)5-9(7)10(12)6-13/h3-5,10,13H,2,6,11-12H2,1H3/t10-/m1/s1. The lowest BCUT2D eigenvalue weighted by Crippen LogP contribution is -2.16. The molecule has 0 aromatic heterocycles. The number of hydrogen-bond acceptors (Lipinski definition) is 3. The SMILES string of the molecule is CCc1ccc(N)cc1[C@H](N)CO. The van der Waals surface area contributed by atoms with Crippen molar-refractivity contribution in [3.05, 3.63) is 29.3 Å². The van der Waals surface area contributed by atoms with Gasteiger partial charge in [-0.1, -0.05) is 13.0 Å². The molecule has 72 valence electrons. The molecule has 0 aliphatic carbocycles. The van der Waals surface area contributed by atoms with E-state index in [2.05, 4.69) is 6.92 Å². The zero-order valence-electron chi connectivity index (χ0n) is 7.83. The average molecular weight is 180 g/mol. The van der Waals surface area contributed by atoms with Crippen LogP contribution in [0.15, 0.2) is 18.2 Å². The Bertz CT molecular complexity index is 286. The van der Waals surface area contributed by atoms with E-state index in [-0.39, 0.29) is 12.6 Å². The maximum absolute atomic E-state index is 8.93. The highest BCUT2D eigenvalue weighted by molar-refractivity contribution is 5.46. The normalized spacial score (nSPS) is 12.8. The molecule has 0 aliphatic heterocycles.